The summed E-state index contributed by atoms with van der Waals surface area (Å²) in [7, 11) is 0. The van der Waals surface area contributed by atoms with Crippen LogP contribution in [0.4, 0.5) is 18.9 Å². The quantitative estimate of drug-likeness (QED) is 0.894. The van der Waals surface area contributed by atoms with Crippen molar-refractivity contribution in [2.75, 3.05) is 11.9 Å². The number of nitrogens with one attached hydrogen (secondary N) is 1. The van der Waals surface area contributed by atoms with E-state index in [9.17, 15) is 13.2 Å². The van der Waals surface area contributed by atoms with E-state index >= 15 is 0 Å². The van der Waals surface area contributed by atoms with E-state index < -0.39 is 12.8 Å². The number of benzene rings is 1. The molecule has 0 radical (unpaired) electrons. The summed E-state index contributed by atoms with van der Waals surface area (Å²) in [6.07, 6.45) is 0.906. The summed E-state index contributed by atoms with van der Waals surface area (Å²) in [6, 6.07) is 7.27. The smallest absolute Gasteiger partial charge is 0.422 e. The molecular formula is C15H18F3NO. The minimum Gasteiger partial charge on any atom is -0.484 e. The number of anilines is 1. The topological polar surface area (TPSA) is 21.3 Å². The predicted octanol–water partition coefficient (Wildman–Crippen LogP) is 4.23. The fourth-order valence-corrected chi connectivity index (χ4v) is 3.45. The van der Waals surface area contributed by atoms with E-state index in [1.165, 1.54) is 25.7 Å². The van der Waals surface area contributed by atoms with Gasteiger partial charge in [-0.15, -0.1) is 0 Å². The lowest BCUT2D eigenvalue weighted by molar-refractivity contribution is -0.153. The average Bonchev–Trinajstić information content (AvgIpc) is 2.99. The summed E-state index contributed by atoms with van der Waals surface area (Å²) in [4.78, 5) is 0. The molecule has 0 aliphatic heterocycles. The number of ether oxygens (including phenoxy) is 1. The molecule has 2 saturated carbocycles. The second kappa shape index (κ2) is 5.19. The standard InChI is InChI=1S/C15H18F3NO/c16-15(17,18)9-20-13-5-3-12(4-6-13)19-14-8-10-1-2-11(14)7-10/h3-6,10-11,14,19H,1-2,7-9H2. The molecule has 2 bridgehead atoms. The Kier molecular flexibility index (Phi) is 3.52. The van der Waals surface area contributed by atoms with Crippen LogP contribution in [0.25, 0.3) is 0 Å². The van der Waals surface area contributed by atoms with Gasteiger partial charge in [-0.2, -0.15) is 13.2 Å². The number of halogens is 3. The van der Waals surface area contributed by atoms with Crippen LogP contribution in [0.1, 0.15) is 25.7 Å². The molecule has 0 heterocycles. The molecule has 110 valence electrons. The second-order valence-corrected chi connectivity index (χ2v) is 5.85. The summed E-state index contributed by atoms with van der Waals surface area (Å²) in [6.45, 7) is -1.24. The molecular weight excluding hydrogens is 267 g/mol. The van der Waals surface area contributed by atoms with Crippen LogP contribution in [0.2, 0.25) is 0 Å². The van der Waals surface area contributed by atoms with E-state index in [1.54, 1.807) is 24.3 Å². The van der Waals surface area contributed by atoms with Gasteiger partial charge in [0.15, 0.2) is 6.61 Å². The third-order valence-electron chi connectivity index (χ3n) is 4.35. The maximum absolute atomic E-state index is 12.0. The Morgan fingerprint density at radius 2 is 1.85 bits per heavy atom. The number of fused-ring (bicyclic) bond motifs is 2. The normalized spacial score (nSPS) is 28.6. The summed E-state index contributed by atoms with van der Waals surface area (Å²) in [5, 5.41) is 3.49. The first-order valence-corrected chi connectivity index (χ1v) is 7.06. The van der Waals surface area contributed by atoms with Gasteiger partial charge in [-0.25, -0.2) is 0 Å². The molecule has 2 aliphatic carbocycles. The Morgan fingerprint density at radius 1 is 1.10 bits per heavy atom. The molecule has 0 spiro atoms. The van der Waals surface area contributed by atoms with Crippen molar-refractivity contribution in [2.24, 2.45) is 11.8 Å². The predicted molar refractivity (Wildman–Crippen MR) is 70.9 cm³/mol. The van der Waals surface area contributed by atoms with Crippen LogP contribution in [0.15, 0.2) is 24.3 Å². The van der Waals surface area contributed by atoms with Gasteiger partial charge in [0.1, 0.15) is 5.75 Å². The van der Waals surface area contributed by atoms with Crippen LogP contribution in [-0.4, -0.2) is 18.8 Å². The summed E-state index contributed by atoms with van der Waals surface area (Å²) in [5.41, 5.74) is 0.960. The Labute approximate surface area is 116 Å². The highest BCUT2D eigenvalue weighted by molar-refractivity contribution is 5.47. The van der Waals surface area contributed by atoms with Crippen molar-refractivity contribution in [3.8, 4) is 5.75 Å². The van der Waals surface area contributed by atoms with Gasteiger partial charge >= 0.3 is 6.18 Å². The molecule has 0 amide bonds. The average molecular weight is 285 g/mol. The largest absolute Gasteiger partial charge is 0.484 e. The van der Waals surface area contributed by atoms with Crippen molar-refractivity contribution in [3.05, 3.63) is 24.3 Å². The van der Waals surface area contributed by atoms with Crippen LogP contribution >= 0.6 is 0 Å². The molecule has 1 aromatic rings. The minimum absolute atomic E-state index is 0.251. The summed E-state index contributed by atoms with van der Waals surface area (Å²) < 4.78 is 40.8. The van der Waals surface area contributed by atoms with E-state index in [0.717, 1.165) is 17.5 Å². The van der Waals surface area contributed by atoms with Crippen LogP contribution in [0.5, 0.6) is 5.75 Å². The zero-order chi connectivity index (χ0) is 14.2. The van der Waals surface area contributed by atoms with Crippen molar-refractivity contribution in [3.63, 3.8) is 0 Å². The molecule has 0 aromatic heterocycles. The Bertz CT molecular complexity index is 457. The molecule has 3 unspecified atom stereocenters. The fraction of sp³-hybridized carbons (Fsp3) is 0.600. The highest BCUT2D eigenvalue weighted by atomic mass is 19.4. The monoisotopic (exact) mass is 285 g/mol. The van der Waals surface area contributed by atoms with E-state index in [2.05, 4.69) is 5.32 Å². The Balaban J connectivity index is 1.54. The molecule has 3 rings (SSSR count). The first-order chi connectivity index (χ1) is 9.49. The molecule has 0 saturated heterocycles. The van der Waals surface area contributed by atoms with Crippen LogP contribution in [-0.2, 0) is 0 Å². The lowest BCUT2D eigenvalue weighted by Crippen LogP contribution is -2.25. The summed E-state index contributed by atoms with van der Waals surface area (Å²) >= 11 is 0. The van der Waals surface area contributed by atoms with Gasteiger partial charge in [-0.3, -0.25) is 0 Å². The lowest BCUT2D eigenvalue weighted by Gasteiger charge is -2.24. The SMILES string of the molecule is FC(F)(F)COc1ccc(NC2CC3CCC2C3)cc1. The minimum atomic E-state index is -4.29. The van der Waals surface area contributed by atoms with Gasteiger partial charge in [-0.05, 0) is 55.4 Å². The molecule has 2 nitrogen and oxygen atoms in total. The van der Waals surface area contributed by atoms with Gasteiger partial charge < -0.3 is 10.1 Å². The third-order valence-corrected chi connectivity index (χ3v) is 4.35. The van der Waals surface area contributed by atoms with Crippen LogP contribution in [0.3, 0.4) is 0 Å². The van der Waals surface area contributed by atoms with Gasteiger partial charge in [0.25, 0.3) is 0 Å². The number of rotatable bonds is 4. The van der Waals surface area contributed by atoms with Crippen molar-refractivity contribution in [1.29, 1.82) is 0 Å². The molecule has 3 atom stereocenters. The Hall–Kier alpha value is -1.39. The summed E-state index contributed by atoms with van der Waals surface area (Å²) in [5.74, 6) is 1.88. The van der Waals surface area contributed by atoms with Gasteiger partial charge in [0.2, 0.25) is 0 Å². The van der Waals surface area contributed by atoms with Gasteiger partial charge in [0, 0.05) is 11.7 Å². The van der Waals surface area contributed by atoms with Crippen molar-refractivity contribution >= 4 is 5.69 Å². The number of hydrogen-bond donors (Lipinski definition) is 1. The molecule has 2 aliphatic rings. The fourth-order valence-electron chi connectivity index (χ4n) is 3.45. The Morgan fingerprint density at radius 3 is 2.40 bits per heavy atom. The zero-order valence-electron chi connectivity index (χ0n) is 11.1. The second-order valence-electron chi connectivity index (χ2n) is 5.85. The van der Waals surface area contributed by atoms with E-state index in [0.29, 0.717) is 6.04 Å². The first kappa shape index (κ1) is 13.6. The zero-order valence-corrected chi connectivity index (χ0v) is 11.1. The van der Waals surface area contributed by atoms with Gasteiger partial charge in [-0.1, -0.05) is 6.42 Å². The van der Waals surface area contributed by atoms with Crippen molar-refractivity contribution < 1.29 is 17.9 Å². The highest BCUT2D eigenvalue weighted by Crippen LogP contribution is 2.45. The van der Waals surface area contributed by atoms with Crippen LogP contribution in [0, 0.1) is 11.8 Å². The number of alkyl halides is 3. The van der Waals surface area contributed by atoms with Crippen LogP contribution < -0.4 is 10.1 Å². The van der Waals surface area contributed by atoms with Gasteiger partial charge in [0.05, 0.1) is 0 Å². The highest BCUT2D eigenvalue weighted by Gasteiger charge is 2.39. The van der Waals surface area contributed by atoms with Crippen molar-refractivity contribution in [2.45, 2.75) is 37.9 Å². The number of hydrogen-bond acceptors (Lipinski definition) is 2. The molecule has 1 aromatic carbocycles. The molecule has 5 heteroatoms. The van der Waals surface area contributed by atoms with E-state index in [4.69, 9.17) is 4.74 Å². The maximum Gasteiger partial charge on any atom is 0.422 e. The maximum atomic E-state index is 12.0. The van der Waals surface area contributed by atoms with Crippen molar-refractivity contribution in [1.82, 2.24) is 0 Å². The van der Waals surface area contributed by atoms with E-state index in [1.807, 2.05) is 0 Å². The molecule has 20 heavy (non-hydrogen) atoms. The lowest BCUT2D eigenvalue weighted by atomic mass is 9.95. The molecule has 1 N–H and O–H groups in total. The molecule has 2 fully saturated rings. The van der Waals surface area contributed by atoms with E-state index in [-0.39, 0.29) is 5.75 Å². The third kappa shape index (κ3) is 3.19. The first-order valence-electron chi connectivity index (χ1n) is 7.06.